The van der Waals surface area contributed by atoms with E-state index < -0.39 is 35.9 Å². The van der Waals surface area contributed by atoms with Gasteiger partial charge in [-0.3, -0.25) is 0 Å². The number of hydrogen-bond donors (Lipinski definition) is 1. The normalized spacial score (nSPS) is 11.7. The smallest absolute Gasteiger partial charge is 0.435 e. The number of carboxylic acids is 1. The maximum atomic E-state index is 13.2. The number of aryl methyl sites for hydroxylation is 1. The molecule has 5 nitrogen and oxygen atoms in total. The predicted octanol–water partition coefficient (Wildman–Crippen LogP) is 2.49. The van der Waals surface area contributed by atoms with Crippen LogP contribution in [0.5, 0.6) is 0 Å². The Labute approximate surface area is 115 Å². The van der Waals surface area contributed by atoms with Gasteiger partial charge in [0.1, 0.15) is 5.82 Å². The van der Waals surface area contributed by atoms with E-state index in [-0.39, 0.29) is 5.56 Å². The number of aromatic nitrogens is 3. The molecule has 0 saturated heterocycles. The topological polar surface area (TPSA) is 68.0 Å². The van der Waals surface area contributed by atoms with Gasteiger partial charge in [0.05, 0.1) is 6.54 Å². The molecule has 0 fully saturated rings. The molecule has 0 saturated carbocycles. The van der Waals surface area contributed by atoms with Crippen LogP contribution in [0.1, 0.15) is 27.3 Å². The molecular weight excluding hydrogens is 294 g/mol. The molecule has 1 N–H and O–H groups in total. The highest BCUT2D eigenvalue weighted by Crippen LogP contribution is 2.31. The van der Waals surface area contributed by atoms with E-state index in [0.29, 0.717) is 10.2 Å². The zero-order valence-corrected chi connectivity index (χ0v) is 10.6. The number of hydrogen-bond acceptors (Lipinski definition) is 3. The summed E-state index contributed by atoms with van der Waals surface area (Å²) in [6.07, 6.45) is -4.93. The van der Waals surface area contributed by atoms with Crippen molar-refractivity contribution in [1.82, 2.24) is 15.0 Å². The Kier molecular flexibility index (Phi) is 3.67. The van der Waals surface area contributed by atoms with Crippen molar-refractivity contribution in [1.29, 1.82) is 0 Å². The number of alkyl halides is 3. The summed E-state index contributed by atoms with van der Waals surface area (Å²) in [5.74, 6) is -2.44. The van der Waals surface area contributed by atoms with E-state index in [2.05, 4.69) is 10.3 Å². The Bertz CT molecular complexity index is 694. The SMILES string of the molecule is Cc1ccc(F)cc1Cn1nnc(C(=O)O)c1C(F)(F)F. The second kappa shape index (κ2) is 5.15. The summed E-state index contributed by atoms with van der Waals surface area (Å²) in [7, 11) is 0. The number of carbonyl (C=O) groups is 1. The van der Waals surface area contributed by atoms with Crippen molar-refractivity contribution in [3.63, 3.8) is 0 Å². The molecule has 0 amide bonds. The summed E-state index contributed by atoms with van der Waals surface area (Å²) in [4.78, 5) is 10.8. The Hall–Kier alpha value is -2.45. The van der Waals surface area contributed by atoms with Crippen LogP contribution in [0.4, 0.5) is 17.6 Å². The van der Waals surface area contributed by atoms with Gasteiger partial charge >= 0.3 is 12.1 Å². The minimum Gasteiger partial charge on any atom is -0.476 e. The number of rotatable bonds is 3. The molecule has 2 rings (SSSR count). The lowest BCUT2D eigenvalue weighted by atomic mass is 10.1. The van der Waals surface area contributed by atoms with Crippen LogP contribution in [-0.2, 0) is 12.7 Å². The van der Waals surface area contributed by atoms with Crippen LogP contribution >= 0.6 is 0 Å². The number of halogens is 4. The number of aromatic carboxylic acids is 1. The standard InChI is InChI=1S/C12H9F4N3O2/c1-6-2-3-8(13)4-7(6)5-19-10(12(14,15)16)9(11(20)21)17-18-19/h2-4H,5H2,1H3,(H,20,21). The average molecular weight is 303 g/mol. The first-order valence-corrected chi connectivity index (χ1v) is 5.69. The Morgan fingerprint density at radius 2 is 2.05 bits per heavy atom. The Morgan fingerprint density at radius 1 is 1.38 bits per heavy atom. The van der Waals surface area contributed by atoms with E-state index in [1.54, 1.807) is 6.92 Å². The van der Waals surface area contributed by atoms with E-state index in [0.717, 1.165) is 6.07 Å². The molecule has 0 unspecified atom stereocenters. The summed E-state index contributed by atoms with van der Waals surface area (Å²) >= 11 is 0. The fourth-order valence-corrected chi connectivity index (χ4v) is 1.82. The lowest BCUT2D eigenvalue weighted by molar-refractivity contribution is -0.144. The van der Waals surface area contributed by atoms with Crippen LogP contribution < -0.4 is 0 Å². The van der Waals surface area contributed by atoms with E-state index in [1.165, 1.54) is 12.1 Å². The Morgan fingerprint density at radius 3 is 2.62 bits per heavy atom. The largest absolute Gasteiger partial charge is 0.476 e. The summed E-state index contributed by atoms with van der Waals surface area (Å²) in [5.41, 5.74) is -1.85. The van der Waals surface area contributed by atoms with Crippen LogP contribution in [0.15, 0.2) is 18.2 Å². The van der Waals surface area contributed by atoms with Gasteiger partial charge in [-0.25, -0.2) is 13.9 Å². The van der Waals surface area contributed by atoms with Gasteiger partial charge in [0.2, 0.25) is 5.69 Å². The first-order valence-electron chi connectivity index (χ1n) is 5.69. The molecular formula is C12H9F4N3O2. The highest BCUT2D eigenvalue weighted by Gasteiger charge is 2.41. The number of benzene rings is 1. The van der Waals surface area contributed by atoms with Crippen molar-refractivity contribution in [3.8, 4) is 0 Å². The second-order valence-electron chi connectivity index (χ2n) is 4.32. The number of nitrogens with zero attached hydrogens (tertiary/aromatic N) is 3. The van der Waals surface area contributed by atoms with Crippen LogP contribution in [-0.4, -0.2) is 26.1 Å². The maximum Gasteiger partial charge on any atom is 0.435 e. The summed E-state index contributed by atoms with van der Waals surface area (Å²) in [6, 6.07) is 3.65. The molecule has 0 atom stereocenters. The summed E-state index contributed by atoms with van der Waals surface area (Å²) < 4.78 is 52.4. The van der Waals surface area contributed by atoms with E-state index in [9.17, 15) is 22.4 Å². The molecule has 0 spiro atoms. The summed E-state index contributed by atoms with van der Waals surface area (Å²) in [5, 5.41) is 15.0. The third-order valence-electron chi connectivity index (χ3n) is 2.84. The number of carboxylic acid groups (broad SMARTS) is 1. The van der Waals surface area contributed by atoms with Gasteiger partial charge in [-0.05, 0) is 30.2 Å². The molecule has 21 heavy (non-hydrogen) atoms. The minimum absolute atomic E-state index is 0.252. The van der Waals surface area contributed by atoms with Crippen molar-refractivity contribution in [2.45, 2.75) is 19.6 Å². The lowest BCUT2D eigenvalue weighted by Gasteiger charge is -2.11. The molecule has 112 valence electrons. The molecule has 1 aromatic carbocycles. The highest BCUT2D eigenvalue weighted by atomic mass is 19.4. The average Bonchev–Trinajstić information content (AvgIpc) is 2.77. The molecule has 1 heterocycles. The van der Waals surface area contributed by atoms with E-state index in [1.807, 2.05) is 0 Å². The molecule has 0 bridgehead atoms. The van der Waals surface area contributed by atoms with Crippen molar-refractivity contribution < 1.29 is 27.5 Å². The van der Waals surface area contributed by atoms with Gasteiger partial charge in [0.25, 0.3) is 0 Å². The molecule has 0 aliphatic carbocycles. The zero-order chi connectivity index (χ0) is 15.8. The van der Waals surface area contributed by atoms with Gasteiger partial charge in [0, 0.05) is 0 Å². The van der Waals surface area contributed by atoms with Gasteiger partial charge < -0.3 is 5.11 Å². The van der Waals surface area contributed by atoms with Gasteiger partial charge in [-0.2, -0.15) is 13.2 Å². The van der Waals surface area contributed by atoms with E-state index in [4.69, 9.17) is 5.11 Å². The van der Waals surface area contributed by atoms with Crippen molar-refractivity contribution in [2.24, 2.45) is 0 Å². The fraction of sp³-hybridized carbons (Fsp3) is 0.250. The molecule has 0 radical (unpaired) electrons. The van der Waals surface area contributed by atoms with Crippen LogP contribution in [0.3, 0.4) is 0 Å². The third-order valence-corrected chi connectivity index (χ3v) is 2.84. The second-order valence-corrected chi connectivity index (χ2v) is 4.32. The first kappa shape index (κ1) is 14.9. The van der Waals surface area contributed by atoms with Crippen molar-refractivity contribution >= 4 is 5.97 Å². The maximum absolute atomic E-state index is 13.2. The van der Waals surface area contributed by atoms with E-state index >= 15 is 0 Å². The van der Waals surface area contributed by atoms with Crippen LogP contribution in [0, 0.1) is 12.7 Å². The van der Waals surface area contributed by atoms with Gasteiger partial charge in [0.15, 0.2) is 5.69 Å². The van der Waals surface area contributed by atoms with Gasteiger partial charge in [-0.1, -0.05) is 11.3 Å². The first-order chi connectivity index (χ1) is 9.70. The quantitative estimate of drug-likeness (QED) is 0.885. The molecule has 1 aromatic heterocycles. The van der Waals surface area contributed by atoms with Crippen LogP contribution in [0.2, 0.25) is 0 Å². The minimum atomic E-state index is -4.93. The Balaban J connectivity index is 2.50. The highest BCUT2D eigenvalue weighted by molar-refractivity contribution is 5.86. The molecule has 0 aliphatic rings. The molecule has 0 aliphatic heterocycles. The van der Waals surface area contributed by atoms with Crippen molar-refractivity contribution in [3.05, 3.63) is 46.5 Å². The lowest BCUT2D eigenvalue weighted by Crippen LogP contribution is -2.19. The third kappa shape index (κ3) is 3.01. The zero-order valence-electron chi connectivity index (χ0n) is 10.6. The fourth-order valence-electron chi connectivity index (χ4n) is 1.82. The van der Waals surface area contributed by atoms with Crippen molar-refractivity contribution in [2.75, 3.05) is 0 Å². The molecule has 2 aromatic rings. The monoisotopic (exact) mass is 303 g/mol. The van der Waals surface area contributed by atoms with Crippen LogP contribution in [0.25, 0.3) is 0 Å². The summed E-state index contributed by atoms with van der Waals surface area (Å²) in [6.45, 7) is 1.16. The predicted molar refractivity (Wildman–Crippen MR) is 62.2 cm³/mol. The molecule has 9 heteroatoms. The van der Waals surface area contributed by atoms with Gasteiger partial charge in [-0.15, -0.1) is 5.10 Å².